The van der Waals surface area contributed by atoms with Gasteiger partial charge in [0.25, 0.3) is 0 Å². The SMILES string of the molecule is CSCCC(C)N(C)C(=O)N1CCCCC1. The van der Waals surface area contributed by atoms with Crippen molar-refractivity contribution in [1.29, 1.82) is 0 Å². The number of carbonyl (C=O) groups excluding carboxylic acids is 1. The van der Waals surface area contributed by atoms with Gasteiger partial charge in [-0.1, -0.05) is 0 Å². The van der Waals surface area contributed by atoms with E-state index >= 15 is 0 Å². The largest absolute Gasteiger partial charge is 0.325 e. The van der Waals surface area contributed by atoms with Crippen molar-refractivity contribution in [2.75, 3.05) is 32.1 Å². The van der Waals surface area contributed by atoms with E-state index in [1.54, 1.807) is 0 Å². The normalized spacial score (nSPS) is 18.3. The van der Waals surface area contributed by atoms with Gasteiger partial charge in [-0.05, 0) is 44.6 Å². The molecule has 1 rings (SSSR count). The summed E-state index contributed by atoms with van der Waals surface area (Å²) in [7, 11) is 1.93. The van der Waals surface area contributed by atoms with Crippen LogP contribution in [0.25, 0.3) is 0 Å². The number of hydrogen-bond acceptors (Lipinski definition) is 2. The number of hydrogen-bond donors (Lipinski definition) is 0. The van der Waals surface area contributed by atoms with Crippen LogP contribution in [0.3, 0.4) is 0 Å². The first kappa shape index (κ1) is 13.7. The molecule has 1 atom stereocenters. The summed E-state index contributed by atoms with van der Waals surface area (Å²) in [4.78, 5) is 16.1. The number of likely N-dealkylation sites (tertiary alicyclic amines) is 1. The van der Waals surface area contributed by atoms with Crippen LogP contribution in [0.1, 0.15) is 32.6 Å². The average Bonchev–Trinajstić information content (AvgIpc) is 2.35. The van der Waals surface area contributed by atoms with Crippen LogP contribution < -0.4 is 0 Å². The van der Waals surface area contributed by atoms with Crippen LogP contribution in [-0.2, 0) is 0 Å². The fourth-order valence-electron chi connectivity index (χ4n) is 1.98. The number of piperidine rings is 1. The Labute approximate surface area is 104 Å². The number of carbonyl (C=O) groups is 1. The van der Waals surface area contributed by atoms with E-state index in [0.717, 1.165) is 25.3 Å². The fourth-order valence-corrected chi connectivity index (χ4v) is 2.56. The molecule has 0 saturated carbocycles. The first-order chi connectivity index (χ1) is 7.66. The molecule has 94 valence electrons. The van der Waals surface area contributed by atoms with Gasteiger partial charge in [0, 0.05) is 26.2 Å². The number of nitrogens with zero attached hydrogens (tertiary/aromatic N) is 2. The summed E-state index contributed by atoms with van der Waals surface area (Å²) in [6, 6.07) is 0.565. The third kappa shape index (κ3) is 3.89. The zero-order valence-electron chi connectivity index (χ0n) is 10.7. The molecule has 4 heteroatoms. The highest BCUT2D eigenvalue weighted by atomic mass is 32.2. The predicted octanol–water partition coefficient (Wildman–Crippen LogP) is 2.67. The monoisotopic (exact) mass is 244 g/mol. The summed E-state index contributed by atoms with van der Waals surface area (Å²) >= 11 is 1.84. The molecule has 0 radical (unpaired) electrons. The first-order valence-electron chi connectivity index (χ1n) is 6.17. The van der Waals surface area contributed by atoms with Crippen LogP contribution in [-0.4, -0.2) is 54.0 Å². The Balaban J connectivity index is 2.38. The number of thioether (sulfide) groups is 1. The molecule has 0 bridgehead atoms. The minimum absolute atomic E-state index is 0.216. The van der Waals surface area contributed by atoms with E-state index in [4.69, 9.17) is 0 Å². The standard InChI is InChI=1S/C12H24N2OS/c1-11(7-10-16-3)13(2)12(15)14-8-5-4-6-9-14/h11H,4-10H2,1-3H3. The maximum Gasteiger partial charge on any atom is 0.319 e. The van der Waals surface area contributed by atoms with Gasteiger partial charge in [0.1, 0.15) is 0 Å². The van der Waals surface area contributed by atoms with Crippen LogP contribution in [0.2, 0.25) is 0 Å². The summed E-state index contributed by atoms with van der Waals surface area (Å²) in [5, 5.41) is 0. The van der Waals surface area contributed by atoms with E-state index in [1.165, 1.54) is 19.3 Å². The Morgan fingerprint density at radius 3 is 2.56 bits per heavy atom. The topological polar surface area (TPSA) is 23.6 Å². The van der Waals surface area contributed by atoms with Crippen molar-refractivity contribution in [3.63, 3.8) is 0 Å². The fraction of sp³-hybridized carbons (Fsp3) is 0.917. The molecule has 0 aromatic heterocycles. The zero-order chi connectivity index (χ0) is 12.0. The molecule has 0 aromatic rings. The average molecular weight is 244 g/mol. The van der Waals surface area contributed by atoms with Crippen molar-refractivity contribution in [3.05, 3.63) is 0 Å². The van der Waals surface area contributed by atoms with Crippen molar-refractivity contribution >= 4 is 17.8 Å². The molecule has 3 nitrogen and oxygen atoms in total. The lowest BCUT2D eigenvalue weighted by Gasteiger charge is -2.34. The summed E-state index contributed by atoms with van der Waals surface area (Å²) in [5.74, 6) is 1.12. The lowest BCUT2D eigenvalue weighted by atomic mass is 10.1. The van der Waals surface area contributed by atoms with Crippen molar-refractivity contribution in [2.45, 2.75) is 38.6 Å². The number of rotatable bonds is 4. The molecule has 1 aliphatic rings. The Morgan fingerprint density at radius 2 is 2.00 bits per heavy atom. The molecular weight excluding hydrogens is 220 g/mol. The number of urea groups is 1. The molecule has 1 saturated heterocycles. The Morgan fingerprint density at radius 1 is 1.38 bits per heavy atom. The maximum absolute atomic E-state index is 12.1. The van der Waals surface area contributed by atoms with Crippen LogP contribution in [0.4, 0.5) is 4.79 Å². The Kier molecular flexibility index (Phi) is 6.03. The van der Waals surface area contributed by atoms with Gasteiger partial charge < -0.3 is 9.80 Å². The van der Waals surface area contributed by atoms with Gasteiger partial charge in [0.2, 0.25) is 0 Å². The van der Waals surface area contributed by atoms with Gasteiger partial charge in [-0.3, -0.25) is 0 Å². The van der Waals surface area contributed by atoms with Gasteiger partial charge in [0.05, 0.1) is 0 Å². The van der Waals surface area contributed by atoms with E-state index in [9.17, 15) is 4.79 Å². The summed E-state index contributed by atoms with van der Waals surface area (Å²) in [6.07, 6.45) is 6.80. The van der Waals surface area contributed by atoms with Crippen molar-refractivity contribution in [1.82, 2.24) is 9.80 Å². The minimum Gasteiger partial charge on any atom is -0.325 e. The second kappa shape index (κ2) is 7.05. The zero-order valence-corrected chi connectivity index (χ0v) is 11.6. The molecule has 0 aromatic carbocycles. The highest BCUT2D eigenvalue weighted by molar-refractivity contribution is 7.98. The van der Waals surface area contributed by atoms with Crippen LogP contribution >= 0.6 is 11.8 Å². The van der Waals surface area contributed by atoms with Gasteiger partial charge in [-0.15, -0.1) is 0 Å². The quantitative estimate of drug-likeness (QED) is 0.759. The molecule has 0 spiro atoms. The van der Waals surface area contributed by atoms with Gasteiger partial charge in [-0.25, -0.2) is 4.79 Å². The molecule has 0 N–H and O–H groups in total. The van der Waals surface area contributed by atoms with Crippen molar-refractivity contribution < 1.29 is 4.79 Å². The lowest BCUT2D eigenvalue weighted by molar-refractivity contribution is 0.139. The minimum atomic E-state index is 0.216. The second-order valence-electron chi connectivity index (χ2n) is 4.57. The molecule has 16 heavy (non-hydrogen) atoms. The van der Waals surface area contributed by atoms with Crippen LogP contribution in [0, 0.1) is 0 Å². The van der Waals surface area contributed by atoms with Crippen molar-refractivity contribution in [2.24, 2.45) is 0 Å². The van der Waals surface area contributed by atoms with Gasteiger partial charge in [0.15, 0.2) is 0 Å². The highest BCUT2D eigenvalue weighted by Crippen LogP contribution is 2.13. The smallest absolute Gasteiger partial charge is 0.319 e. The van der Waals surface area contributed by atoms with Crippen molar-refractivity contribution in [3.8, 4) is 0 Å². The molecule has 0 aliphatic carbocycles. The van der Waals surface area contributed by atoms with Gasteiger partial charge >= 0.3 is 6.03 Å². The predicted molar refractivity (Wildman–Crippen MR) is 71.0 cm³/mol. The molecular formula is C12H24N2OS. The van der Waals surface area contributed by atoms with E-state index in [-0.39, 0.29) is 6.03 Å². The summed E-state index contributed by atoms with van der Waals surface area (Å²) in [6.45, 7) is 4.02. The second-order valence-corrected chi connectivity index (χ2v) is 5.56. The highest BCUT2D eigenvalue weighted by Gasteiger charge is 2.22. The Hall–Kier alpha value is -0.380. The van der Waals surface area contributed by atoms with Gasteiger partial charge in [-0.2, -0.15) is 11.8 Å². The number of amides is 2. The molecule has 1 heterocycles. The third-order valence-electron chi connectivity index (χ3n) is 3.33. The van der Waals surface area contributed by atoms with E-state index in [2.05, 4.69) is 13.2 Å². The molecule has 1 fully saturated rings. The Bertz CT molecular complexity index is 217. The molecule has 1 aliphatic heterocycles. The van der Waals surface area contributed by atoms with E-state index in [1.807, 2.05) is 28.6 Å². The van der Waals surface area contributed by atoms with Crippen LogP contribution in [0.5, 0.6) is 0 Å². The summed E-state index contributed by atoms with van der Waals surface area (Å²) < 4.78 is 0. The lowest BCUT2D eigenvalue weighted by Crippen LogP contribution is -2.47. The summed E-state index contributed by atoms with van der Waals surface area (Å²) in [5.41, 5.74) is 0. The van der Waals surface area contributed by atoms with E-state index in [0.29, 0.717) is 6.04 Å². The molecule has 1 unspecified atom stereocenters. The maximum atomic E-state index is 12.1. The molecule has 2 amide bonds. The first-order valence-corrected chi connectivity index (χ1v) is 7.57. The van der Waals surface area contributed by atoms with Crippen LogP contribution in [0.15, 0.2) is 0 Å². The van der Waals surface area contributed by atoms with E-state index < -0.39 is 0 Å². The third-order valence-corrected chi connectivity index (χ3v) is 3.97.